The molecule has 7 nitrogen and oxygen atoms in total. The first-order valence-corrected chi connectivity index (χ1v) is 9.99. The van der Waals surface area contributed by atoms with E-state index in [0.717, 1.165) is 17.3 Å². The Morgan fingerprint density at radius 1 is 1.24 bits per heavy atom. The van der Waals surface area contributed by atoms with Gasteiger partial charge in [-0.15, -0.1) is 0 Å². The number of hydrogen-bond donors (Lipinski definition) is 1. The average Bonchev–Trinajstić information content (AvgIpc) is 2.95. The van der Waals surface area contributed by atoms with E-state index in [1.165, 1.54) is 23.1 Å². The van der Waals surface area contributed by atoms with Crippen LogP contribution >= 0.6 is 35.6 Å². The Morgan fingerprint density at radius 3 is 2.62 bits per heavy atom. The maximum Gasteiger partial charge on any atom is 0.292 e. The summed E-state index contributed by atoms with van der Waals surface area (Å²) in [4.78, 5) is 37.1. The molecule has 0 aromatic heterocycles. The topological polar surface area (TPSA) is 92.6 Å². The quantitative estimate of drug-likeness (QED) is 0.304. The van der Waals surface area contributed by atoms with Gasteiger partial charge in [-0.25, -0.2) is 0 Å². The predicted octanol–water partition coefficient (Wildman–Crippen LogP) is 4.48. The van der Waals surface area contributed by atoms with Crippen LogP contribution < -0.4 is 5.32 Å². The molecule has 3 rings (SSSR count). The van der Waals surface area contributed by atoms with E-state index in [1.807, 2.05) is 0 Å². The van der Waals surface area contributed by atoms with E-state index in [4.69, 9.17) is 23.8 Å². The minimum absolute atomic E-state index is 0.0489. The number of rotatable bonds is 6. The highest BCUT2D eigenvalue weighted by molar-refractivity contribution is 8.26. The van der Waals surface area contributed by atoms with Crippen LogP contribution in [0.4, 0.5) is 11.4 Å². The molecule has 0 aliphatic carbocycles. The zero-order valence-electron chi connectivity index (χ0n) is 14.8. The van der Waals surface area contributed by atoms with E-state index < -0.39 is 10.8 Å². The van der Waals surface area contributed by atoms with Crippen molar-refractivity contribution in [3.63, 3.8) is 0 Å². The molecule has 29 heavy (non-hydrogen) atoms. The fourth-order valence-corrected chi connectivity index (χ4v) is 4.00. The number of thioether (sulfide) groups is 1. The van der Waals surface area contributed by atoms with Gasteiger partial charge in [0.15, 0.2) is 0 Å². The normalized spacial score (nSPS) is 15.1. The lowest BCUT2D eigenvalue weighted by Crippen LogP contribution is -2.31. The van der Waals surface area contributed by atoms with E-state index >= 15 is 0 Å². The number of amides is 2. The number of carbonyl (C=O) groups is 2. The van der Waals surface area contributed by atoms with Gasteiger partial charge in [0, 0.05) is 24.1 Å². The fourth-order valence-electron chi connectivity index (χ4n) is 2.57. The molecule has 1 N–H and O–H groups in total. The van der Waals surface area contributed by atoms with Gasteiger partial charge in [-0.3, -0.25) is 24.6 Å². The molecule has 2 amide bonds. The summed E-state index contributed by atoms with van der Waals surface area (Å²) in [5, 5.41) is 14.1. The number of hydrogen-bond acceptors (Lipinski definition) is 6. The summed E-state index contributed by atoms with van der Waals surface area (Å²) in [6.07, 6.45) is 1.66. The first kappa shape index (κ1) is 21.0. The third-order valence-corrected chi connectivity index (χ3v) is 5.61. The third kappa shape index (κ3) is 5.20. The van der Waals surface area contributed by atoms with Crippen LogP contribution in [0, 0.1) is 10.1 Å². The van der Waals surface area contributed by atoms with Crippen molar-refractivity contribution < 1.29 is 14.5 Å². The van der Waals surface area contributed by atoms with Gasteiger partial charge in [0.2, 0.25) is 5.91 Å². The van der Waals surface area contributed by atoms with Crippen molar-refractivity contribution in [3.05, 3.63) is 74.1 Å². The van der Waals surface area contributed by atoms with Gasteiger partial charge in [-0.05, 0) is 29.8 Å². The Kier molecular flexibility index (Phi) is 6.63. The van der Waals surface area contributed by atoms with E-state index in [9.17, 15) is 19.7 Å². The van der Waals surface area contributed by atoms with Crippen molar-refractivity contribution >= 4 is 69.2 Å². The van der Waals surface area contributed by atoms with Gasteiger partial charge in [0.05, 0.1) is 9.83 Å². The number of benzene rings is 2. The lowest BCUT2D eigenvalue weighted by molar-refractivity contribution is -0.383. The first-order chi connectivity index (χ1) is 13.8. The summed E-state index contributed by atoms with van der Waals surface area (Å²) in [6, 6.07) is 12.9. The van der Waals surface area contributed by atoms with Crippen molar-refractivity contribution in [2.75, 3.05) is 11.9 Å². The summed E-state index contributed by atoms with van der Waals surface area (Å²) in [7, 11) is 0. The van der Waals surface area contributed by atoms with Gasteiger partial charge < -0.3 is 5.32 Å². The predicted molar refractivity (Wildman–Crippen MR) is 118 cm³/mol. The van der Waals surface area contributed by atoms with Crippen molar-refractivity contribution in [3.8, 4) is 0 Å². The summed E-state index contributed by atoms with van der Waals surface area (Å²) in [6.45, 7) is 0.0785. The molecule has 2 aromatic carbocycles. The molecule has 148 valence electrons. The Bertz CT molecular complexity index is 1020. The standard InChI is InChI=1S/C19H14ClN3O4S2/c20-13-7-5-12(6-8-13)11-16-18(25)22(19(28)29-16)10-9-17(24)21-14-3-1-2-4-15(14)23(26)27/h1-8,11H,9-10H2,(H,21,24). The smallest absolute Gasteiger partial charge is 0.292 e. The maximum atomic E-state index is 12.6. The van der Waals surface area contributed by atoms with Gasteiger partial charge >= 0.3 is 0 Å². The minimum Gasteiger partial charge on any atom is -0.320 e. The summed E-state index contributed by atoms with van der Waals surface area (Å²) >= 11 is 12.3. The van der Waals surface area contributed by atoms with Crippen LogP contribution in [0.3, 0.4) is 0 Å². The number of nitro benzene ring substituents is 1. The van der Waals surface area contributed by atoms with E-state index in [2.05, 4.69) is 5.32 Å². The molecule has 1 heterocycles. The van der Waals surface area contributed by atoms with Gasteiger partial charge in [-0.2, -0.15) is 0 Å². The zero-order valence-corrected chi connectivity index (χ0v) is 17.2. The van der Waals surface area contributed by atoms with Gasteiger partial charge in [0.1, 0.15) is 10.0 Å². The number of anilines is 1. The summed E-state index contributed by atoms with van der Waals surface area (Å²) < 4.78 is 0.355. The second-order valence-corrected chi connectivity index (χ2v) is 8.07. The molecule has 0 bridgehead atoms. The third-order valence-electron chi connectivity index (χ3n) is 3.98. The molecule has 1 fully saturated rings. The first-order valence-electron chi connectivity index (χ1n) is 8.39. The molecule has 2 aromatic rings. The highest BCUT2D eigenvalue weighted by Gasteiger charge is 2.32. The average molecular weight is 448 g/mol. The number of nitrogens with zero attached hydrogens (tertiary/aromatic N) is 2. The molecule has 0 unspecified atom stereocenters. The lowest BCUT2D eigenvalue weighted by Gasteiger charge is -2.14. The summed E-state index contributed by atoms with van der Waals surface area (Å²) in [5.74, 6) is -0.733. The highest BCUT2D eigenvalue weighted by atomic mass is 35.5. The molecule has 1 aliphatic heterocycles. The number of nitro groups is 1. The van der Waals surface area contributed by atoms with E-state index in [-0.39, 0.29) is 30.2 Å². The lowest BCUT2D eigenvalue weighted by atomic mass is 10.2. The number of thiocarbonyl (C=S) groups is 1. The van der Waals surface area contributed by atoms with Crippen molar-refractivity contribution in [2.24, 2.45) is 0 Å². The molecule has 10 heteroatoms. The molecule has 0 atom stereocenters. The van der Waals surface area contributed by atoms with Crippen LogP contribution in [0.25, 0.3) is 6.08 Å². The number of halogens is 1. The second kappa shape index (κ2) is 9.17. The van der Waals surface area contributed by atoms with Crippen LogP contribution in [-0.4, -0.2) is 32.5 Å². The summed E-state index contributed by atoms with van der Waals surface area (Å²) in [5.41, 5.74) is 0.719. The number of carbonyl (C=O) groups excluding carboxylic acids is 2. The van der Waals surface area contributed by atoms with Crippen LogP contribution in [0.15, 0.2) is 53.4 Å². The molecular formula is C19H14ClN3O4S2. The largest absolute Gasteiger partial charge is 0.320 e. The number of para-hydroxylation sites is 2. The van der Waals surface area contributed by atoms with Crippen molar-refractivity contribution in [1.82, 2.24) is 4.90 Å². The highest BCUT2D eigenvalue weighted by Crippen LogP contribution is 2.33. The van der Waals surface area contributed by atoms with Gasteiger partial charge in [-0.1, -0.05) is 59.8 Å². The van der Waals surface area contributed by atoms with Crippen molar-refractivity contribution in [2.45, 2.75) is 6.42 Å². The minimum atomic E-state index is -0.570. The monoisotopic (exact) mass is 447 g/mol. The molecule has 0 spiro atoms. The van der Waals surface area contributed by atoms with Crippen molar-refractivity contribution in [1.29, 1.82) is 0 Å². The van der Waals surface area contributed by atoms with Crippen LogP contribution in [0.2, 0.25) is 5.02 Å². The molecule has 0 saturated carbocycles. The van der Waals surface area contributed by atoms with Crippen LogP contribution in [0.5, 0.6) is 0 Å². The number of nitrogens with one attached hydrogen (secondary N) is 1. The molecular weight excluding hydrogens is 434 g/mol. The van der Waals surface area contributed by atoms with Crippen LogP contribution in [0.1, 0.15) is 12.0 Å². The Balaban J connectivity index is 1.63. The molecule has 0 radical (unpaired) electrons. The zero-order chi connectivity index (χ0) is 21.0. The van der Waals surface area contributed by atoms with Crippen LogP contribution in [-0.2, 0) is 9.59 Å². The Labute approximate surface area is 180 Å². The maximum absolute atomic E-state index is 12.6. The SMILES string of the molecule is O=C(CCN1C(=O)C(=Cc2ccc(Cl)cc2)SC1=S)Nc1ccccc1[N+](=O)[O-]. The fraction of sp³-hybridized carbons (Fsp3) is 0.105. The molecule has 1 saturated heterocycles. The van der Waals surface area contributed by atoms with E-state index in [1.54, 1.807) is 36.4 Å². The van der Waals surface area contributed by atoms with E-state index in [0.29, 0.717) is 14.2 Å². The molecule has 1 aliphatic rings. The Hall–Kier alpha value is -2.75. The second-order valence-electron chi connectivity index (χ2n) is 5.96. The van der Waals surface area contributed by atoms with Gasteiger partial charge in [0.25, 0.3) is 11.6 Å². The Morgan fingerprint density at radius 2 is 1.93 bits per heavy atom.